The fourth-order valence-corrected chi connectivity index (χ4v) is 4.81. The highest BCUT2D eigenvalue weighted by atomic mass is 32.1. The standard InChI is InChI=1S/C28H25N3O2S/c1-18-8-9-21(14-19(18)2)24-17-34-28(30-24)26-25(32)15-31(27(26)29)22-10-12-23(13-11-22)33-16-20-6-4-3-5-7-20/h3-14,17,29,32H,15-16H2,1-2H3. The minimum absolute atomic E-state index is 0.162. The van der Waals surface area contributed by atoms with Gasteiger partial charge < -0.3 is 14.7 Å². The first-order valence-electron chi connectivity index (χ1n) is 11.1. The fraction of sp³-hybridized carbons (Fsp3) is 0.143. The maximum atomic E-state index is 10.7. The van der Waals surface area contributed by atoms with Crippen molar-refractivity contribution in [2.75, 3.05) is 11.4 Å². The largest absolute Gasteiger partial charge is 0.510 e. The highest BCUT2D eigenvalue weighted by molar-refractivity contribution is 7.11. The van der Waals surface area contributed by atoms with Crippen molar-refractivity contribution in [1.82, 2.24) is 4.98 Å². The number of anilines is 1. The molecule has 4 aromatic rings. The van der Waals surface area contributed by atoms with Crippen LogP contribution in [0.25, 0.3) is 16.8 Å². The lowest BCUT2D eigenvalue weighted by molar-refractivity contribution is 0.306. The van der Waals surface area contributed by atoms with Crippen LogP contribution in [0.3, 0.4) is 0 Å². The Balaban J connectivity index is 1.30. The van der Waals surface area contributed by atoms with Gasteiger partial charge in [0.05, 0.1) is 17.8 Å². The minimum Gasteiger partial charge on any atom is -0.510 e. The van der Waals surface area contributed by atoms with Crippen LogP contribution in [-0.4, -0.2) is 22.5 Å². The van der Waals surface area contributed by atoms with Gasteiger partial charge in [0.1, 0.15) is 29.0 Å². The number of hydrogen-bond acceptors (Lipinski definition) is 5. The van der Waals surface area contributed by atoms with Crippen LogP contribution in [-0.2, 0) is 6.61 Å². The lowest BCUT2D eigenvalue weighted by Gasteiger charge is -2.19. The van der Waals surface area contributed by atoms with Crippen LogP contribution < -0.4 is 9.64 Å². The fourth-order valence-electron chi connectivity index (χ4n) is 3.91. The zero-order valence-electron chi connectivity index (χ0n) is 19.1. The lowest BCUT2D eigenvalue weighted by Crippen LogP contribution is -2.25. The summed E-state index contributed by atoms with van der Waals surface area (Å²) in [7, 11) is 0. The first-order chi connectivity index (χ1) is 16.5. The van der Waals surface area contributed by atoms with E-state index in [1.807, 2.05) is 60.0 Å². The summed E-state index contributed by atoms with van der Waals surface area (Å²) in [6.07, 6.45) is 0. The van der Waals surface area contributed by atoms with Crippen molar-refractivity contribution < 1.29 is 9.84 Å². The molecule has 1 aromatic heterocycles. The zero-order chi connectivity index (χ0) is 23.7. The van der Waals surface area contributed by atoms with Gasteiger partial charge in [-0.15, -0.1) is 11.3 Å². The normalized spacial score (nSPS) is 13.6. The molecule has 34 heavy (non-hydrogen) atoms. The number of aryl methyl sites for hydroxylation is 2. The van der Waals surface area contributed by atoms with E-state index >= 15 is 0 Å². The summed E-state index contributed by atoms with van der Waals surface area (Å²) in [4.78, 5) is 6.52. The van der Waals surface area contributed by atoms with Crippen molar-refractivity contribution >= 4 is 28.4 Å². The number of rotatable bonds is 6. The van der Waals surface area contributed by atoms with Gasteiger partial charge in [0.25, 0.3) is 0 Å². The Bertz CT molecular complexity index is 1370. The van der Waals surface area contributed by atoms with Crippen molar-refractivity contribution in [2.45, 2.75) is 20.5 Å². The summed E-state index contributed by atoms with van der Waals surface area (Å²) in [5, 5.41) is 22.1. The summed E-state index contributed by atoms with van der Waals surface area (Å²) in [5.41, 5.74) is 6.77. The van der Waals surface area contributed by atoms with Crippen molar-refractivity contribution in [1.29, 1.82) is 5.41 Å². The van der Waals surface area contributed by atoms with Gasteiger partial charge in [-0.2, -0.15) is 0 Å². The van der Waals surface area contributed by atoms with E-state index in [-0.39, 0.29) is 18.1 Å². The number of aliphatic hydroxyl groups excluding tert-OH is 1. The molecule has 0 atom stereocenters. The Morgan fingerprint density at radius 2 is 1.76 bits per heavy atom. The van der Waals surface area contributed by atoms with E-state index in [9.17, 15) is 5.11 Å². The van der Waals surface area contributed by atoms with Crippen LogP contribution in [0.15, 0.2) is 83.9 Å². The molecule has 0 bridgehead atoms. The number of hydrogen-bond donors (Lipinski definition) is 2. The SMILES string of the molecule is Cc1ccc(-c2csc(C3=C(O)CN(c4ccc(OCc5ccccc5)cc4)C3=N)n2)cc1C. The molecule has 170 valence electrons. The summed E-state index contributed by atoms with van der Waals surface area (Å²) in [5.74, 6) is 1.17. The molecule has 0 spiro atoms. The zero-order valence-corrected chi connectivity index (χ0v) is 19.9. The van der Waals surface area contributed by atoms with Gasteiger partial charge in [0, 0.05) is 16.6 Å². The first-order valence-corrected chi connectivity index (χ1v) is 12.0. The average Bonchev–Trinajstić information content (AvgIpc) is 3.44. The molecule has 1 aliphatic rings. The molecule has 0 unspecified atom stereocenters. The van der Waals surface area contributed by atoms with Crippen LogP contribution in [0, 0.1) is 19.3 Å². The van der Waals surface area contributed by atoms with Crippen LogP contribution in [0.4, 0.5) is 5.69 Å². The molecular weight excluding hydrogens is 442 g/mol. The Hall–Kier alpha value is -3.90. The number of nitrogens with zero attached hydrogens (tertiary/aromatic N) is 2. The molecule has 0 radical (unpaired) electrons. The highest BCUT2D eigenvalue weighted by Crippen LogP contribution is 2.35. The van der Waals surface area contributed by atoms with Gasteiger partial charge in [-0.25, -0.2) is 4.98 Å². The van der Waals surface area contributed by atoms with Crippen molar-refractivity contribution in [2.24, 2.45) is 0 Å². The molecule has 0 amide bonds. The molecule has 0 saturated heterocycles. The summed E-state index contributed by atoms with van der Waals surface area (Å²) in [6, 6.07) is 23.9. The second kappa shape index (κ2) is 9.15. The van der Waals surface area contributed by atoms with Gasteiger partial charge in [-0.05, 0) is 60.9 Å². The number of thiazole rings is 1. The molecule has 0 aliphatic carbocycles. The second-order valence-electron chi connectivity index (χ2n) is 8.36. The Morgan fingerprint density at radius 1 is 1.00 bits per heavy atom. The average molecular weight is 468 g/mol. The molecule has 5 rings (SSSR count). The Kier molecular flexibility index (Phi) is 5.90. The van der Waals surface area contributed by atoms with E-state index in [1.54, 1.807) is 4.90 Å². The number of nitrogens with one attached hydrogen (secondary N) is 1. The van der Waals surface area contributed by atoms with E-state index in [1.165, 1.54) is 22.5 Å². The number of aromatic nitrogens is 1. The second-order valence-corrected chi connectivity index (χ2v) is 9.22. The minimum atomic E-state index is 0.162. The van der Waals surface area contributed by atoms with Gasteiger partial charge in [-0.3, -0.25) is 5.41 Å². The van der Waals surface area contributed by atoms with Gasteiger partial charge in [-0.1, -0.05) is 42.5 Å². The van der Waals surface area contributed by atoms with E-state index < -0.39 is 0 Å². The van der Waals surface area contributed by atoms with Gasteiger partial charge in [0.15, 0.2) is 0 Å². The van der Waals surface area contributed by atoms with Crippen LogP contribution >= 0.6 is 11.3 Å². The number of benzene rings is 3. The third-order valence-corrected chi connectivity index (χ3v) is 6.88. The predicted octanol–water partition coefficient (Wildman–Crippen LogP) is 6.77. The first kappa shape index (κ1) is 21.9. The van der Waals surface area contributed by atoms with E-state index in [2.05, 4.69) is 32.0 Å². The number of aliphatic hydroxyl groups is 1. The summed E-state index contributed by atoms with van der Waals surface area (Å²) < 4.78 is 5.87. The molecule has 1 aliphatic heterocycles. The maximum absolute atomic E-state index is 10.7. The van der Waals surface area contributed by atoms with E-state index in [4.69, 9.17) is 15.1 Å². The van der Waals surface area contributed by atoms with Gasteiger partial charge >= 0.3 is 0 Å². The van der Waals surface area contributed by atoms with Crippen molar-refractivity contribution in [3.8, 4) is 17.0 Å². The Morgan fingerprint density at radius 3 is 2.50 bits per heavy atom. The molecular formula is C28H25N3O2S. The van der Waals surface area contributed by atoms with Gasteiger partial charge in [0.2, 0.25) is 0 Å². The summed E-state index contributed by atoms with van der Waals surface area (Å²) >= 11 is 1.45. The smallest absolute Gasteiger partial charge is 0.139 e. The van der Waals surface area contributed by atoms with Crippen LogP contribution in [0.1, 0.15) is 21.7 Å². The number of amidine groups is 1. The summed E-state index contributed by atoms with van der Waals surface area (Å²) in [6.45, 7) is 4.92. The van der Waals surface area contributed by atoms with Crippen LogP contribution in [0.5, 0.6) is 5.75 Å². The third kappa shape index (κ3) is 4.32. The molecule has 0 saturated carbocycles. The quantitative estimate of drug-likeness (QED) is 0.328. The van der Waals surface area contributed by atoms with E-state index in [0.717, 1.165) is 28.3 Å². The number of ether oxygens (including phenoxy) is 1. The molecule has 0 fully saturated rings. The third-order valence-electron chi connectivity index (χ3n) is 6.02. The monoisotopic (exact) mass is 467 g/mol. The van der Waals surface area contributed by atoms with Crippen molar-refractivity contribution in [3.05, 3.63) is 106 Å². The van der Waals surface area contributed by atoms with E-state index in [0.29, 0.717) is 17.2 Å². The maximum Gasteiger partial charge on any atom is 0.139 e. The molecule has 6 heteroatoms. The lowest BCUT2D eigenvalue weighted by atomic mass is 10.1. The topological polar surface area (TPSA) is 69.4 Å². The molecule has 2 heterocycles. The van der Waals surface area contributed by atoms with Crippen molar-refractivity contribution in [3.63, 3.8) is 0 Å². The predicted molar refractivity (Wildman–Crippen MR) is 139 cm³/mol. The Labute approximate surface area is 203 Å². The highest BCUT2D eigenvalue weighted by Gasteiger charge is 2.31. The van der Waals surface area contributed by atoms with Crippen LogP contribution in [0.2, 0.25) is 0 Å². The molecule has 5 nitrogen and oxygen atoms in total. The molecule has 2 N–H and O–H groups in total. The molecule has 3 aromatic carbocycles.